The summed E-state index contributed by atoms with van der Waals surface area (Å²) in [6.07, 6.45) is 0.234. The second-order valence-electron chi connectivity index (χ2n) is 4.40. The number of carbonyl (C=O) groups is 2. The van der Waals surface area contributed by atoms with Crippen molar-refractivity contribution in [2.24, 2.45) is 5.41 Å². The maximum absolute atomic E-state index is 11.7. The predicted octanol–water partition coefficient (Wildman–Crippen LogP) is 2.24. The second-order valence-corrected chi connectivity index (χ2v) is 4.40. The molecule has 0 fully saturated rings. The fraction of sp³-hybridized carbons (Fsp3) is 0.615. The fourth-order valence-electron chi connectivity index (χ4n) is 1.68. The van der Waals surface area contributed by atoms with Gasteiger partial charge in [0.25, 0.3) is 0 Å². The van der Waals surface area contributed by atoms with Crippen molar-refractivity contribution >= 4 is 11.9 Å². The van der Waals surface area contributed by atoms with Crippen molar-refractivity contribution in [3.63, 3.8) is 0 Å². The molecular weight excluding hydrogens is 220 g/mol. The predicted molar refractivity (Wildman–Crippen MR) is 64.3 cm³/mol. The molecule has 0 atom stereocenters. The molecule has 0 aromatic rings. The van der Waals surface area contributed by atoms with Gasteiger partial charge in [0.2, 0.25) is 0 Å². The van der Waals surface area contributed by atoms with Crippen molar-refractivity contribution in [2.75, 3.05) is 14.2 Å². The highest BCUT2D eigenvalue weighted by Gasteiger charge is 2.43. The number of rotatable bonds is 4. The Bertz CT molecular complexity index is 353. The van der Waals surface area contributed by atoms with Crippen LogP contribution in [0, 0.1) is 5.41 Å². The molecule has 0 aromatic carbocycles. The fourth-order valence-corrected chi connectivity index (χ4v) is 1.68. The van der Waals surface area contributed by atoms with Crippen LogP contribution in [-0.2, 0) is 19.1 Å². The van der Waals surface area contributed by atoms with Crippen LogP contribution in [0.2, 0.25) is 0 Å². The third-order valence-electron chi connectivity index (χ3n) is 2.35. The molecule has 0 rings (SSSR count). The zero-order valence-electron chi connectivity index (χ0n) is 11.3. The van der Waals surface area contributed by atoms with Crippen LogP contribution in [0.25, 0.3) is 0 Å². The van der Waals surface area contributed by atoms with Crippen molar-refractivity contribution in [3.05, 3.63) is 16.9 Å². The average molecular weight is 240 g/mol. The number of carbonyl (C=O) groups excluding carboxylic acids is 2. The van der Waals surface area contributed by atoms with Crippen molar-refractivity contribution in [1.82, 2.24) is 0 Å². The van der Waals surface area contributed by atoms with Crippen LogP contribution in [0.5, 0.6) is 0 Å². The number of esters is 2. The smallest absolute Gasteiger partial charge is 0.323 e. The van der Waals surface area contributed by atoms with E-state index in [1.165, 1.54) is 21.1 Å². The number of methoxy groups -OCH3 is 2. The summed E-state index contributed by atoms with van der Waals surface area (Å²) >= 11 is 0. The van der Waals surface area contributed by atoms with E-state index in [0.29, 0.717) is 0 Å². The molecule has 4 heteroatoms. The summed E-state index contributed by atoms with van der Waals surface area (Å²) in [5.74, 6) is -1.20. The number of hydrogen-bond donors (Lipinski definition) is 0. The van der Waals surface area contributed by atoms with Crippen molar-refractivity contribution < 1.29 is 19.1 Å². The molecular formula is C13H20O4. The normalized spacial score (nSPS) is 10.2. The number of ether oxygens (including phenoxy) is 2. The summed E-state index contributed by atoms with van der Waals surface area (Å²) in [5, 5.41) is 0. The second kappa shape index (κ2) is 6.26. The van der Waals surface area contributed by atoms with Crippen LogP contribution in [0.15, 0.2) is 16.9 Å². The van der Waals surface area contributed by atoms with E-state index in [-0.39, 0.29) is 6.42 Å². The van der Waals surface area contributed by atoms with Gasteiger partial charge in [-0.3, -0.25) is 9.59 Å². The van der Waals surface area contributed by atoms with Crippen molar-refractivity contribution in [2.45, 2.75) is 34.1 Å². The Kier molecular flexibility index (Phi) is 5.69. The van der Waals surface area contributed by atoms with Crippen molar-refractivity contribution in [1.29, 1.82) is 0 Å². The van der Waals surface area contributed by atoms with Crippen LogP contribution in [-0.4, -0.2) is 26.2 Å². The lowest BCUT2D eigenvalue weighted by molar-refractivity contribution is -0.167. The molecule has 0 aliphatic rings. The summed E-state index contributed by atoms with van der Waals surface area (Å²) in [7, 11) is 2.51. The van der Waals surface area contributed by atoms with Gasteiger partial charge in [0.1, 0.15) is 0 Å². The molecule has 0 radical (unpaired) electrons. The molecule has 0 saturated carbocycles. The summed E-state index contributed by atoms with van der Waals surface area (Å²) in [6, 6.07) is 0. The van der Waals surface area contributed by atoms with Gasteiger partial charge in [0.05, 0.1) is 14.2 Å². The van der Waals surface area contributed by atoms with Gasteiger partial charge in [-0.05, 0) is 38.8 Å². The SMILES string of the molecule is COC(=O)C(C)(CC(C)=C=C(C)C)C(=O)OC. The van der Waals surface area contributed by atoms with Crippen LogP contribution in [0.1, 0.15) is 34.1 Å². The minimum atomic E-state index is -1.31. The number of hydrogen-bond acceptors (Lipinski definition) is 4. The lowest BCUT2D eigenvalue weighted by Crippen LogP contribution is -2.38. The van der Waals surface area contributed by atoms with Crippen LogP contribution >= 0.6 is 0 Å². The first-order chi connectivity index (χ1) is 7.77. The van der Waals surface area contributed by atoms with Gasteiger partial charge in [-0.25, -0.2) is 0 Å². The Morgan fingerprint density at radius 1 is 1.06 bits per heavy atom. The zero-order valence-corrected chi connectivity index (χ0v) is 11.3. The Morgan fingerprint density at radius 2 is 1.47 bits per heavy atom. The Labute approximate surface area is 102 Å². The minimum Gasteiger partial charge on any atom is -0.468 e. The Balaban J connectivity index is 5.31. The lowest BCUT2D eigenvalue weighted by atomic mass is 9.84. The lowest BCUT2D eigenvalue weighted by Gasteiger charge is -2.23. The molecule has 4 nitrogen and oxygen atoms in total. The molecule has 0 amide bonds. The van der Waals surface area contributed by atoms with Crippen molar-refractivity contribution in [3.8, 4) is 0 Å². The van der Waals surface area contributed by atoms with Gasteiger partial charge in [-0.1, -0.05) is 0 Å². The van der Waals surface area contributed by atoms with Gasteiger partial charge >= 0.3 is 11.9 Å². The van der Waals surface area contributed by atoms with E-state index < -0.39 is 17.4 Å². The van der Waals surface area contributed by atoms with Crippen LogP contribution in [0.3, 0.4) is 0 Å². The maximum Gasteiger partial charge on any atom is 0.323 e. The highest BCUT2D eigenvalue weighted by atomic mass is 16.5. The van der Waals surface area contributed by atoms with E-state index in [1.807, 2.05) is 20.8 Å². The average Bonchev–Trinajstić information content (AvgIpc) is 2.25. The first-order valence-electron chi connectivity index (χ1n) is 5.34. The molecule has 0 bridgehead atoms. The van der Waals surface area contributed by atoms with E-state index in [0.717, 1.165) is 11.1 Å². The molecule has 0 aliphatic carbocycles. The topological polar surface area (TPSA) is 52.6 Å². The highest BCUT2D eigenvalue weighted by Crippen LogP contribution is 2.28. The van der Waals surface area contributed by atoms with Crippen LogP contribution in [0.4, 0.5) is 0 Å². The van der Waals surface area contributed by atoms with Gasteiger partial charge in [0.15, 0.2) is 5.41 Å². The van der Waals surface area contributed by atoms with Gasteiger partial charge in [0, 0.05) is 6.42 Å². The molecule has 0 heterocycles. The standard InChI is InChI=1S/C13H20O4/c1-9(2)7-10(3)8-13(4,11(14)16-5)12(15)17-6/h8H2,1-6H3. The highest BCUT2D eigenvalue weighted by molar-refractivity contribution is 5.99. The summed E-state index contributed by atoms with van der Waals surface area (Å²) in [6.45, 7) is 7.13. The van der Waals surface area contributed by atoms with Gasteiger partial charge < -0.3 is 9.47 Å². The molecule has 17 heavy (non-hydrogen) atoms. The first-order valence-corrected chi connectivity index (χ1v) is 5.34. The van der Waals surface area contributed by atoms with E-state index >= 15 is 0 Å². The van der Waals surface area contributed by atoms with E-state index in [1.54, 1.807) is 0 Å². The molecule has 0 aliphatic heterocycles. The molecule has 0 unspecified atom stereocenters. The maximum atomic E-state index is 11.7. The third kappa shape index (κ3) is 4.08. The van der Waals surface area contributed by atoms with E-state index in [2.05, 4.69) is 15.2 Å². The number of allylic oxidation sites excluding steroid dienone is 1. The van der Waals surface area contributed by atoms with Gasteiger partial charge in [-0.15, -0.1) is 5.73 Å². The third-order valence-corrected chi connectivity index (χ3v) is 2.35. The zero-order chi connectivity index (χ0) is 13.6. The molecule has 0 spiro atoms. The first kappa shape index (κ1) is 15.5. The summed E-state index contributed by atoms with van der Waals surface area (Å²) in [5.41, 5.74) is 3.56. The minimum absolute atomic E-state index is 0.234. The van der Waals surface area contributed by atoms with E-state index in [9.17, 15) is 9.59 Å². The monoisotopic (exact) mass is 240 g/mol. The largest absolute Gasteiger partial charge is 0.468 e. The summed E-state index contributed by atoms with van der Waals surface area (Å²) < 4.78 is 9.31. The Hall–Kier alpha value is -1.54. The summed E-state index contributed by atoms with van der Waals surface area (Å²) in [4.78, 5) is 23.4. The Morgan fingerprint density at radius 3 is 1.76 bits per heavy atom. The molecule has 0 N–H and O–H groups in total. The van der Waals surface area contributed by atoms with E-state index in [4.69, 9.17) is 0 Å². The van der Waals surface area contributed by atoms with Gasteiger partial charge in [-0.2, -0.15) is 0 Å². The quantitative estimate of drug-likeness (QED) is 0.429. The molecule has 96 valence electrons. The molecule has 0 saturated heterocycles. The molecule has 0 aromatic heterocycles. The van der Waals surface area contributed by atoms with Crippen LogP contribution < -0.4 is 0 Å².